The number of ether oxygens (including phenoxy) is 1. The third-order valence-electron chi connectivity index (χ3n) is 17.9. The average molecular weight is 1050 g/mol. The monoisotopic (exact) mass is 1050 g/mol. The van der Waals surface area contributed by atoms with Crippen LogP contribution in [0.4, 0.5) is 17.1 Å². The molecular weight excluding hydrogens is 991 g/mol. The smallest absolute Gasteiger partial charge is 0.136 e. The molecule has 1 aromatic heterocycles. The quantitative estimate of drug-likeness (QED) is 0.175. The number of benzene rings is 11. The largest absolute Gasteiger partial charge is 0.457 e. The van der Waals surface area contributed by atoms with E-state index in [2.05, 4.69) is 283 Å². The Hall–Kier alpha value is -8.83. The summed E-state index contributed by atoms with van der Waals surface area (Å²) in [6, 6.07) is 88.8. The fraction of sp³-hybridized carbons (Fsp3) is 0.132. The van der Waals surface area contributed by atoms with Gasteiger partial charge in [-0.05, 0) is 150 Å². The lowest BCUT2D eigenvalue weighted by molar-refractivity contribution is 0.436. The second-order valence-corrected chi connectivity index (χ2v) is 25.4. The van der Waals surface area contributed by atoms with Crippen LogP contribution < -0.4 is 9.64 Å². The zero-order valence-electron chi connectivity index (χ0n) is 45.7. The molecule has 4 aliphatic rings. The number of nitrogens with zero attached hydrogens (tertiary/aromatic N) is 1. The number of anilines is 3. The van der Waals surface area contributed by atoms with Crippen molar-refractivity contribution in [1.29, 1.82) is 0 Å². The van der Waals surface area contributed by atoms with Crippen molar-refractivity contribution in [3.05, 3.63) is 292 Å². The molecule has 3 heterocycles. The Morgan fingerprint density at radius 2 is 0.800 bits per heavy atom. The number of rotatable bonds is 4. The molecule has 2 aliphatic carbocycles. The van der Waals surface area contributed by atoms with Crippen LogP contribution >= 0.6 is 11.8 Å². The minimum Gasteiger partial charge on any atom is -0.457 e. The van der Waals surface area contributed by atoms with Crippen molar-refractivity contribution in [2.45, 2.75) is 73.0 Å². The van der Waals surface area contributed by atoms with Gasteiger partial charge in [0.25, 0.3) is 0 Å². The second kappa shape index (κ2) is 16.8. The first-order valence-corrected chi connectivity index (χ1v) is 28.9. The number of fused-ring (bicyclic) bond motifs is 21. The van der Waals surface area contributed by atoms with Crippen LogP contribution in [0.1, 0.15) is 97.2 Å². The summed E-state index contributed by atoms with van der Waals surface area (Å²) in [6.45, 7) is 14.1. The van der Waals surface area contributed by atoms with Gasteiger partial charge in [0.05, 0.1) is 16.5 Å². The molecule has 4 heteroatoms. The Kier molecular flexibility index (Phi) is 9.94. The van der Waals surface area contributed by atoms with E-state index in [1.807, 2.05) is 11.8 Å². The summed E-state index contributed by atoms with van der Waals surface area (Å²) in [5.74, 6) is 1.75. The minimum absolute atomic E-state index is 0.0724. The third kappa shape index (κ3) is 6.45. The first kappa shape index (κ1) is 47.2. The van der Waals surface area contributed by atoms with E-state index < -0.39 is 10.8 Å². The molecule has 11 aromatic carbocycles. The summed E-state index contributed by atoms with van der Waals surface area (Å²) in [7, 11) is 0. The average Bonchev–Trinajstić information content (AvgIpc) is 2.54. The van der Waals surface area contributed by atoms with Gasteiger partial charge in [-0.3, -0.25) is 0 Å². The molecule has 2 spiro atoms. The Labute approximate surface area is 472 Å². The highest BCUT2D eigenvalue weighted by molar-refractivity contribution is 7.99. The van der Waals surface area contributed by atoms with E-state index in [1.54, 1.807) is 0 Å². The van der Waals surface area contributed by atoms with E-state index >= 15 is 0 Å². The molecule has 0 N–H and O–H groups in total. The lowest BCUT2D eigenvalue weighted by atomic mass is 9.65. The molecule has 0 unspecified atom stereocenters. The van der Waals surface area contributed by atoms with Crippen LogP contribution in [0.3, 0.4) is 0 Å². The summed E-state index contributed by atoms with van der Waals surface area (Å²) < 4.78 is 13.5. The van der Waals surface area contributed by atoms with Gasteiger partial charge in [0, 0.05) is 48.6 Å². The van der Waals surface area contributed by atoms with Gasteiger partial charge in [-0.25, -0.2) is 0 Å². The second-order valence-electron chi connectivity index (χ2n) is 24.3. The van der Waals surface area contributed by atoms with Crippen LogP contribution in [0, 0.1) is 0 Å². The third-order valence-corrected chi connectivity index (χ3v) is 19.1. The van der Waals surface area contributed by atoms with Gasteiger partial charge >= 0.3 is 0 Å². The van der Waals surface area contributed by atoms with Crippen molar-refractivity contribution in [2.24, 2.45) is 0 Å². The van der Waals surface area contributed by atoms with Gasteiger partial charge in [0.2, 0.25) is 0 Å². The molecule has 2 aliphatic heterocycles. The Balaban J connectivity index is 1.02. The summed E-state index contributed by atoms with van der Waals surface area (Å²) in [6.07, 6.45) is 0. The number of para-hydroxylation sites is 4. The van der Waals surface area contributed by atoms with Gasteiger partial charge < -0.3 is 14.1 Å². The van der Waals surface area contributed by atoms with Crippen LogP contribution in [-0.4, -0.2) is 0 Å². The number of hydrogen-bond donors (Lipinski definition) is 0. The maximum Gasteiger partial charge on any atom is 0.136 e. The van der Waals surface area contributed by atoms with E-state index in [4.69, 9.17) is 9.15 Å². The molecule has 3 nitrogen and oxygen atoms in total. The van der Waals surface area contributed by atoms with E-state index in [9.17, 15) is 0 Å². The maximum atomic E-state index is 6.84. The highest BCUT2D eigenvalue weighted by Crippen LogP contribution is 2.66. The number of hydrogen-bond acceptors (Lipinski definition) is 4. The standard InChI is InChI=1S/C76H57NO2S/c1-73(2,3)46-34-40-70-63(42-46)76(64-43-47(74(4,5)6)35-41-71(64)80-70)58-26-12-8-21-51(58)53-39-37-49(45-62(53)76)77(65-29-15-9-22-54(65)55-24-19-33-69-72(55)56-23-10-16-30-66(56)78-69)48-36-38-52-50-20-7-11-25-57(50)75(61(52)44-48)59-27-13-17-31-67(59)79-68-32-18-14-28-60(68)75/h7-45H,1-6H3. The first-order valence-electron chi connectivity index (χ1n) is 28.1. The Bertz CT molecular complexity index is 4490. The van der Waals surface area contributed by atoms with Crippen molar-refractivity contribution < 1.29 is 9.15 Å². The van der Waals surface area contributed by atoms with Crippen molar-refractivity contribution in [3.8, 4) is 44.9 Å². The minimum atomic E-state index is -0.661. The molecule has 0 amide bonds. The van der Waals surface area contributed by atoms with Gasteiger partial charge in [0.1, 0.15) is 22.7 Å². The summed E-state index contributed by atoms with van der Waals surface area (Å²) in [5, 5.41) is 2.21. The SMILES string of the molecule is CC(C)(C)c1ccc2c(c1)C1(c3cc(C(C)(C)C)ccc3S2)c2ccccc2-c2ccc(N(c3ccc4c(c3)C3(c5ccccc5Oc5ccccc53)c3ccccc3-4)c3ccccc3-c3cccc4oc5ccccc5c34)cc21. The highest BCUT2D eigenvalue weighted by atomic mass is 32.2. The summed E-state index contributed by atoms with van der Waals surface area (Å²) in [5.41, 5.74) is 23.5. The normalized spacial score (nSPS) is 14.6. The molecule has 0 bridgehead atoms. The molecule has 0 atom stereocenters. The molecule has 384 valence electrons. The Morgan fingerprint density at radius 3 is 1.38 bits per heavy atom. The maximum absolute atomic E-state index is 6.84. The molecule has 12 aromatic rings. The fourth-order valence-electron chi connectivity index (χ4n) is 14.3. The van der Waals surface area contributed by atoms with Gasteiger partial charge in [0.15, 0.2) is 0 Å². The predicted octanol–water partition coefficient (Wildman–Crippen LogP) is 20.6. The zero-order valence-corrected chi connectivity index (χ0v) is 46.5. The lowest BCUT2D eigenvalue weighted by Gasteiger charge is -2.42. The first-order chi connectivity index (χ1) is 38.9. The van der Waals surface area contributed by atoms with Gasteiger partial charge in [-0.1, -0.05) is 223 Å². The molecule has 0 radical (unpaired) electrons. The van der Waals surface area contributed by atoms with Crippen molar-refractivity contribution in [1.82, 2.24) is 0 Å². The summed E-state index contributed by atoms with van der Waals surface area (Å²) >= 11 is 1.92. The zero-order chi connectivity index (χ0) is 53.9. The molecule has 0 saturated heterocycles. The molecule has 0 fully saturated rings. The topological polar surface area (TPSA) is 25.6 Å². The number of furan rings is 1. The van der Waals surface area contributed by atoms with Crippen molar-refractivity contribution in [2.75, 3.05) is 4.90 Å². The molecule has 0 saturated carbocycles. The van der Waals surface area contributed by atoms with Gasteiger partial charge in [-0.15, -0.1) is 0 Å². The van der Waals surface area contributed by atoms with Crippen LogP contribution in [-0.2, 0) is 21.7 Å². The molecule has 16 rings (SSSR count). The highest BCUT2D eigenvalue weighted by Gasteiger charge is 2.53. The van der Waals surface area contributed by atoms with E-state index in [-0.39, 0.29) is 10.8 Å². The summed E-state index contributed by atoms with van der Waals surface area (Å²) in [4.78, 5) is 5.15. The van der Waals surface area contributed by atoms with Crippen LogP contribution in [0.25, 0.3) is 55.3 Å². The predicted molar refractivity (Wildman–Crippen MR) is 330 cm³/mol. The van der Waals surface area contributed by atoms with Crippen LogP contribution in [0.15, 0.2) is 251 Å². The van der Waals surface area contributed by atoms with Gasteiger partial charge in [-0.2, -0.15) is 0 Å². The molecule has 80 heavy (non-hydrogen) atoms. The molecular formula is C76H57NO2S. The Morgan fingerprint density at radius 1 is 0.350 bits per heavy atom. The van der Waals surface area contributed by atoms with E-state index in [1.165, 1.54) is 76.6 Å². The van der Waals surface area contributed by atoms with Crippen molar-refractivity contribution in [3.63, 3.8) is 0 Å². The fourth-order valence-corrected chi connectivity index (χ4v) is 15.5. The van der Waals surface area contributed by atoms with Crippen LogP contribution in [0.2, 0.25) is 0 Å². The van der Waals surface area contributed by atoms with E-state index in [0.29, 0.717) is 0 Å². The lowest BCUT2D eigenvalue weighted by Crippen LogP contribution is -2.33. The van der Waals surface area contributed by atoms with Crippen molar-refractivity contribution >= 4 is 50.8 Å². The van der Waals surface area contributed by atoms with Crippen LogP contribution in [0.5, 0.6) is 11.5 Å². The van der Waals surface area contributed by atoms with E-state index in [0.717, 1.165) is 72.8 Å².